The van der Waals surface area contributed by atoms with Crippen molar-refractivity contribution in [2.75, 3.05) is 6.61 Å². The molecule has 7 rings (SSSR count). The Morgan fingerprint density at radius 2 is 1.39 bits per heavy atom. The minimum atomic E-state index is 0.207. The Bertz CT molecular complexity index is 1620. The molecule has 5 aromatic rings. The molecule has 0 saturated carbocycles. The number of pyridine rings is 1. The Morgan fingerprint density at radius 1 is 0.763 bits per heavy atom. The molecule has 1 atom stereocenters. The smallest absolute Gasteiger partial charge is 0.235 e. The van der Waals surface area contributed by atoms with Crippen molar-refractivity contribution in [1.29, 1.82) is 0 Å². The molecular weight excluding hydrogens is 466 g/mol. The number of aromatic nitrogens is 1. The second-order valence-electron chi connectivity index (χ2n) is 10.9. The van der Waals surface area contributed by atoms with E-state index < -0.39 is 0 Å². The van der Waals surface area contributed by atoms with Gasteiger partial charge >= 0.3 is 0 Å². The maximum atomic E-state index is 5.93. The van der Waals surface area contributed by atoms with Crippen molar-refractivity contribution < 1.29 is 4.74 Å². The topological polar surface area (TPSA) is 37.7 Å². The third-order valence-electron chi connectivity index (χ3n) is 7.92. The Morgan fingerprint density at radius 3 is 2.00 bits per heavy atom. The molecule has 0 aliphatic carbocycles. The predicted molar refractivity (Wildman–Crippen MR) is 155 cm³/mol. The van der Waals surface area contributed by atoms with Gasteiger partial charge in [-0.2, -0.15) is 0 Å². The quantitative estimate of drug-likeness (QED) is 0.260. The van der Waals surface area contributed by atoms with Crippen LogP contribution in [0.1, 0.15) is 36.4 Å². The summed E-state index contributed by atoms with van der Waals surface area (Å²) in [4.78, 5) is 12.3. The van der Waals surface area contributed by atoms with E-state index in [1.165, 1.54) is 43.8 Å². The van der Waals surface area contributed by atoms with E-state index in [1.807, 2.05) is 6.07 Å². The lowest BCUT2D eigenvalue weighted by molar-refractivity contribution is 0.247. The predicted octanol–water partition coefficient (Wildman–Crippen LogP) is 7.37. The molecule has 188 valence electrons. The van der Waals surface area contributed by atoms with Crippen LogP contribution in [-0.2, 0) is 24.4 Å². The molecule has 0 spiro atoms. The van der Waals surface area contributed by atoms with Crippen molar-refractivity contribution in [3.8, 4) is 11.1 Å². The van der Waals surface area contributed by atoms with E-state index in [2.05, 4.69) is 104 Å². The van der Waals surface area contributed by atoms with Crippen LogP contribution in [0.2, 0.25) is 0 Å². The van der Waals surface area contributed by atoms with E-state index in [-0.39, 0.29) is 6.04 Å². The molecular formula is C34H31N3O. The van der Waals surface area contributed by atoms with Gasteiger partial charge in [0.25, 0.3) is 0 Å². The highest BCUT2D eigenvalue weighted by atomic mass is 16.5. The molecule has 0 bridgehead atoms. The number of ether oxygens (including phenoxy) is 1. The lowest BCUT2D eigenvalue weighted by Gasteiger charge is -2.21. The van der Waals surface area contributed by atoms with Gasteiger partial charge in [0.05, 0.1) is 11.7 Å². The van der Waals surface area contributed by atoms with Crippen LogP contribution in [0, 0.1) is 5.92 Å². The first kappa shape index (κ1) is 23.1. The number of aliphatic imine (C=N–C) groups is 1. The van der Waals surface area contributed by atoms with Gasteiger partial charge in [-0.15, -0.1) is 0 Å². The summed E-state index contributed by atoms with van der Waals surface area (Å²) >= 11 is 0. The highest BCUT2D eigenvalue weighted by Gasteiger charge is 2.25. The van der Waals surface area contributed by atoms with Gasteiger partial charge in [0, 0.05) is 19.6 Å². The van der Waals surface area contributed by atoms with Crippen molar-refractivity contribution in [2.45, 2.75) is 39.5 Å². The number of hydrogen-bond donors (Lipinski definition) is 0. The number of fused-ring (bicyclic) bond motifs is 7. The van der Waals surface area contributed by atoms with E-state index >= 15 is 0 Å². The van der Waals surface area contributed by atoms with Gasteiger partial charge < -0.3 is 4.74 Å². The summed E-state index contributed by atoms with van der Waals surface area (Å²) in [6, 6.07) is 33.1. The van der Waals surface area contributed by atoms with Crippen LogP contribution >= 0.6 is 0 Å². The summed E-state index contributed by atoms with van der Waals surface area (Å²) in [7, 11) is 0. The maximum Gasteiger partial charge on any atom is 0.235 e. The summed E-state index contributed by atoms with van der Waals surface area (Å²) in [5.74, 6) is 1.13. The molecule has 1 aromatic heterocycles. The maximum absolute atomic E-state index is 5.93. The average molecular weight is 498 g/mol. The molecule has 0 saturated heterocycles. The zero-order chi connectivity index (χ0) is 25.6. The molecule has 0 amide bonds. The summed E-state index contributed by atoms with van der Waals surface area (Å²) in [5, 5.41) is 5.20. The van der Waals surface area contributed by atoms with E-state index in [1.54, 1.807) is 0 Å². The molecule has 0 fully saturated rings. The van der Waals surface area contributed by atoms with Gasteiger partial charge in [0.15, 0.2) is 0 Å². The average Bonchev–Trinajstić information content (AvgIpc) is 3.38. The van der Waals surface area contributed by atoms with Gasteiger partial charge in [0.2, 0.25) is 5.90 Å². The highest BCUT2D eigenvalue weighted by Crippen LogP contribution is 2.42. The molecule has 4 nitrogen and oxygen atoms in total. The summed E-state index contributed by atoms with van der Waals surface area (Å²) in [6.07, 6.45) is 0. The van der Waals surface area contributed by atoms with Crippen LogP contribution < -0.4 is 0 Å². The molecule has 4 aromatic carbocycles. The number of rotatable bonds is 4. The standard InChI is InChI=1S/C34H31N3O/c1-22(2)31-21-38-34(36-31)30-13-7-10-27(35-30)20-37-18-25-16-14-23-8-3-5-11-28(23)32(25)33-26(19-37)17-15-24-9-4-6-12-29(24)33/h3-17,22,31H,18-21H2,1-2H3/t31-/m1/s1. The highest BCUT2D eigenvalue weighted by molar-refractivity contribution is 6.08. The first-order chi connectivity index (χ1) is 18.6. The Hall–Kier alpha value is -4.02. The van der Waals surface area contributed by atoms with Gasteiger partial charge in [0.1, 0.15) is 12.3 Å². The van der Waals surface area contributed by atoms with Gasteiger partial charge in [-0.05, 0) is 61.8 Å². The fourth-order valence-corrected chi connectivity index (χ4v) is 5.92. The molecule has 3 heterocycles. The van der Waals surface area contributed by atoms with Crippen molar-refractivity contribution in [1.82, 2.24) is 9.88 Å². The third-order valence-corrected chi connectivity index (χ3v) is 7.92. The molecule has 2 aliphatic rings. The lowest BCUT2D eigenvalue weighted by atomic mass is 9.88. The van der Waals surface area contributed by atoms with Gasteiger partial charge in [-0.3, -0.25) is 4.90 Å². The number of nitrogens with zero attached hydrogens (tertiary/aromatic N) is 3. The number of hydrogen-bond acceptors (Lipinski definition) is 4. The van der Waals surface area contributed by atoms with Crippen molar-refractivity contribution in [3.05, 3.63) is 114 Å². The lowest BCUT2D eigenvalue weighted by Crippen LogP contribution is -2.22. The fraction of sp³-hybridized carbons (Fsp3) is 0.235. The first-order valence-electron chi connectivity index (χ1n) is 13.5. The normalized spacial score (nSPS) is 17.2. The molecule has 2 aliphatic heterocycles. The SMILES string of the molecule is CC(C)[C@H]1COC(c2cccc(CN3Cc4ccc5ccccc5c4-c4c(ccc5ccccc45)C3)n2)=N1. The summed E-state index contributed by atoms with van der Waals surface area (Å²) in [5.41, 5.74) is 7.32. The Balaban J connectivity index is 1.30. The summed E-state index contributed by atoms with van der Waals surface area (Å²) < 4.78 is 5.93. The van der Waals surface area contributed by atoms with Crippen LogP contribution in [-0.4, -0.2) is 28.4 Å². The Labute approximate surface area is 223 Å². The molecule has 38 heavy (non-hydrogen) atoms. The molecule has 4 heteroatoms. The van der Waals surface area contributed by atoms with Crippen LogP contribution in [0.15, 0.2) is 96.0 Å². The van der Waals surface area contributed by atoms with E-state index in [9.17, 15) is 0 Å². The fourth-order valence-electron chi connectivity index (χ4n) is 5.92. The zero-order valence-electron chi connectivity index (χ0n) is 21.9. The largest absolute Gasteiger partial charge is 0.474 e. The second kappa shape index (κ2) is 9.38. The zero-order valence-corrected chi connectivity index (χ0v) is 21.9. The molecule has 0 unspecified atom stereocenters. The third kappa shape index (κ3) is 4.06. The van der Waals surface area contributed by atoms with Crippen LogP contribution in [0.5, 0.6) is 0 Å². The van der Waals surface area contributed by atoms with Crippen LogP contribution in [0.3, 0.4) is 0 Å². The second-order valence-corrected chi connectivity index (χ2v) is 10.9. The van der Waals surface area contributed by atoms with Crippen molar-refractivity contribution >= 4 is 27.4 Å². The minimum absolute atomic E-state index is 0.207. The van der Waals surface area contributed by atoms with E-state index in [0.717, 1.165) is 31.0 Å². The van der Waals surface area contributed by atoms with Crippen LogP contribution in [0.25, 0.3) is 32.7 Å². The first-order valence-corrected chi connectivity index (χ1v) is 13.5. The Kier molecular flexibility index (Phi) is 5.70. The van der Waals surface area contributed by atoms with Crippen molar-refractivity contribution in [3.63, 3.8) is 0 Å². The van der Waals surface area contributed by atoms with Crippen molar-refractivity contribution in [2.24, 2.45) is 10.9 Å². The minimum Gasteiger partial charge on any atom is -0.474 e. The molecule has 0 N–H and O–H groups in total. The van der Waals surface area contributed by atoms with Crippen LogP contribution in [0.4, 0.5) is 0 Å². The monoisotopic (exact) mass is 497 g/mol. The summed E-state index contributed by atoms with van der Waals surface area (Å²) in [6.45, 7) is 7.50. The van der Waals surface area contributed by atoms with E-state index in [0.29, 0.717) is 18.4 Å². The number of benzene rings is 4. The van der Waals surface area contributed by atoms with Gasteiger partial charge in [-0.1, -0.05) is 92.7 Å². The van der Waals surface area contributed by atoms with Gasteiger partial charge in [-0.25, -0.2) is 9.98 Å². The molecule has 0 radical (unpaired) electrons. The van der Waals surface area contributed by atoms with E-state index in [4.69, 9.17) is 14.7 Å².